The van der Waals surface area contributed by atoms with Crippen LogP contribution in [0.3, 0.4) is 0 Å². The fourth-order valence-electron chi connectivity index (χ4n) is 2.70. The lowest BCUT2D eigenvalue weighted by atomic mass is 10.1. The average Bonchev–Trinajstić information content (AvgIpc) is 2.65. The highest BCUT2D eigenvalue weighted by atomic mass is 16.5. The Morgan fingerprint density at radius 3 is 2.65 bits per heavy atom. The third-order valence-electron chi connectivity index (χ3n) is 4.31. The zero-order valence-corrected chi connectivity index (χ0v) is 15.4. The SMILES string of the molecule is COc1ccccc1CCNc1ccnc(Nc2ccc(C)c(C)c2)n1. The highest BCUT2D eigenvalue weighted by molar-refractivity contribution is 5.56. The van der Waals surface area contributed by atoms with Crippen LogP contribution in [-0.2, 0) is 6.42 Å². The van der Waals surface area contributed by atoms with Gasteiger partial charge >= 0.3 is 0 Å². The summed E-state index contributed by atoms with van der Waals surface area (Å²) in [5, 5.41) is 6.60. The molecule has 0 spiro atoms. The van der Waals surface area contributed by atoms with Crippen molar-refractivity contribution < 1.29 is 4.74 Å². The molecule has 0 atom stereocenters. The van der Waals surface area contributed by atoms with Gasteiger partial charge in [0.1, 0.15) is 11.6 Å². The molecule has 1 heterocycles. The van der Waals surface area contributed by atoms with Crippen molar-refractivity contribution in [1.82, 2.24) is 9.97 Å². The van der Waals surface area contributed by atoms with E-state index < -0.39 is 0 Å². The third-order valence-corrected chi connectivity index (χ3v) is 4.31. The number of anilines is 3. The summed E-state index contributed by atoms with van der Waals surface area (Å²) in [5.74, 6) is 2.28. The summed E-state index contributed by atoms with van der Waals surface area (Å²) < 4.78 is 5.39. The van der Waals surface area contributed by atoms with Crippen molar-refractivity contribution in [3.05, 3.63) is 71.4 Å². The molecule has 26 heavy (non-hydrogen) atoms. The molecular weight excluding hydrogens is 324 g/mol. The first-order valence-electron chi connectivity index (χ1n) is 8.69. The van der Waals surface area contributed by atoms with Crippen LogP contribution in [0.15, 0.2) is 54.7 Å². The van der Waals surface area contributed by atoms with E-state index in [-0.39, 0.29) is 0 Å². The molecule has 0 fully saturated rings. The standard InChI is InChI=1S/C21H24N4O/c1-15-8-9-18(14-16(15)2)24-21-23-13-11-20(25-21)22-12-10-17-6-4-5-7-19(17)26-3/h4-9,11,13-14H,10,12H2,1-3H3,(H2,22,23,24,25). The Hall–Kier alpha value is -3.08. The van der Waals surface area contributed by atoms with E-state index in [4.69, 9.17) is 4.74 Å². The normalized spacial score (nSPS) is 10.4. The van der Waals surface area contributed by atoms with Crippen molar-refractivity contribution in [2.75, 3.05) is 24.3 Å². The smallest absolute Gasteiger partial charge is 0.229 e. The molecule has 1 aromatic heterocycles. The van der Waals surface area contributed by atoms with Gasteiger partial charge in [-0.15, -0.1) is 0 Å². The van der Waals surface area contributed by atoms with Gasteiger partial charge < -0.3 is 15.4 Å². The summed E-state index contributed by atoms with van der Waals surface area (Å²) in [7, 11) is 1.70. The number of methoxy groups -OCH3 is 1. The molecule has 5 heteroatoms. The predicted octanol–water partition coefficient (Wildman–Crippen LogP) is 4.50. The van der Waals surface area contributed by atoms with Crippen molar-refractivity contribution in [2.45, 2.75) is 20.3 Å². The van der Waals surface area contributed by atoms with Crippen molar-refractivity contribution in [3.8, 4) is 5.75 Å². The van der Waals surface area contributed by atoms with E-state index in [1.165, 1.54) is 16.7 Å². The zero-order chi connectivity index (χ0) is 18.4. The van der Waals surface area contributed by atoms with Gasteiger partial charge in [-0.3, -0.25) is 0 Å². The molecule has 0 unspecified atom stereocenters. The van der Waals surface area contributed by atoms with Crippen LogP contribution < -0.4 is 15.4 Å². The monoisotopic (exact) mass is 348 g/mol. The van der Waals surface area contributed by atoms with Crippen LogP contribution in [0.25, 0.3) is 0 Å². The molecule has 0 radical (unpaired) electrons. The number of hydrogen-bond acceptors (Lipinski definition) is 5. The minimum Gasteiger partial charge on any atom is -0.496 e. The number of nitrogens with one attached hydrogen (secondary N) is 2. The maximum atomic E-state index is 5.39. The summed E-state index contributed by atoms with van der Waals surface area (Å²) in [5.41, 5.74) is 4.66. The quantitative estimate of drug-likeness (QED) is 0.658. The van der Waals surface area contributed by atoms with E-state index in [9.17, 15) is 0 Å². The summed E-state index contributed by atoms with van der Waals surface area (Å²) in [4.78, 5) is 8.83. The summed E-state index contributed by atoms with van der Waals surface area (Å²) in [6.45, 7) is 4.96. The van der Waals surface area contributed by atoms with Gasteiger partial charge in [0, 0.05) is 18.4 Å². The van der Waals surface area contributed by atoms with Crippen LogP contribution in [0, 0.1) is 13.8 Å². The molecule has 0 bridgehead atoms. The molecular formula is C21H24N4O. The Bertz CT molecular complexity index is 879. The molecule has 5 nitrogen and oxygen atoms in total. The second-order valence-electron chi connectivity index (χ2n) is 6.18. The number of ether oxygens (including phenoxy) is 1. The van der Waals surface area contributed by atoms with E-state index in [1.807, 2.05) is 30.3 Å². The Morgan fingerprint density at radius 2 is 1.85 bits per heavy atom. The average molecular weight is 348 g/mol. The van der Waals surface area contributed by atoms with Gasteiger partial charge in [-0.1, -0.05) is 24.3 Å². The molecule has 134 valence electrons. The Kier molecular flexibility index (Phi) is 5.69. The van der Waals surface area contributed by atoms with E-state index in [0.717, 1.165) is 30.2 Å². The Balaban J connectivity index is 1.61. The van der Waals surface area contributed by atoms with Crippen molar-refractivity contribution >= 4 is 17.5 Å². The number of nitrogens with zero attached hydrogens (tertiary/aromatic N) is 2. The maximum absolute atomic E-state index is 5.39. The second-order valence-corrected chi connectivity index (χ2v) is 6.18. The van der Waals surface area contributed by atoms with Crippen molar-refractivity contribution in [3.63, 3.8) is 0 Å². The molecule has 0 saturated heterocycles. The fraction of sp³-hybridized carbons (Fsp3) is 0.238. The largest absolute Gasteiger partial charge is 0.496 e. The first-order valence-corrected chi connectivity index (χ1v) is 8.69. The number of para-hydroxylation sites is 1. The number of rotatable bonds is 7. The van der Waals surface area contributed by atoms with Gasteiger partial charge in [-0.2, -0.15) is 4.98 Å². The highest BCUT2D eigenvalue weighted by Gasteiger charge is 2.04. The fourth-order valence-corrected chi connectivity index (χ4v) is 2.70. The lowest BCUT2D eigenvalue weighted by molar-refractivity contribution is 0.410. The van der Waals surface area contributed by atoms with Crippen LogP contribution >= 0.6 is 0 Å². The molecule has 3 aromatic rings. The molecule has 2 N–H and O–H groups in total. The van der Waals surface area contributed by atoms with Crippen molar-refractivity contribution in [2.24, 2.45) is 0 Å². The lowest BCUT2D eigenvalue weighted by Gasteiger charge is -2.11. The number of hydrogen-bond donors (Lipinski definition) is 2. The first kappa shape index (κ1) is 17.7. The topological polar surface area (TPSA) is 59.1 Å². The van der Waals surface area contributed by atoms with E-state index in [1.54, 1.807) is 13.3 Å². The second kappa shape index (κ2) is 8.34. The van der Waals surface area contributed by atoms with Gasteiger partial charge in [0.25, 0.3) is 0 Å². The van der Waals surface area contributed by atoms with Gasteiger partial charge in [0.2, 0.25) is 5.95 Å². The van der Waals surface area contributed by atoms with Crippen molar-refractivity contribution in [1.29, 1.82) is 0 Å². The van der Waals surface area contributed by atoms with Crippen LogP contribution in [0.1, 0.15) is 16.7 Å². The van der Waals surface area contributed by atoms with E-state index >= 15 is 0 Å². The molecule has 0 aliphatic rings. The van der Waals surface area contributed by atoms with Gasteiger partial charge in [0.05, 0.1) is 7.11 Å². The summed E-state index contributed by atoms with van der Waals surface area (Å²) >= 11 is 0. The summed E-state index contributed by atoms with van der Waals surface area (Å²) in [6, 6.07) is 16.1. The maximum Gasteiger partial charge on any atom is 0.229 e. The molecule has 0 aliphatic carbocycles. The zero-order valence-electron chi connectivity index (χ0n) is 15.4. The third kappa shape index (κ3) is 4.51. The van der Waals surface area contributed by atoms with Gasteiger partial charge in [0.15, 0.2) is 0 Å². The predicted molar refractivity (Wildman–Crippen MR) is 106 cm³/mol. The first-order chi connectivity index (χ1) is 12.7. The minimum atomic E-state index is 0.579. The van der Waals surface area contributed by atoms with Crippen LogP contribution in [0.4, 0.5) is 17.5 Å². The minimum absolute atomic E-state index is 0.579. The molecule has 0 aliphatic heterocycles. The molecule has 2 aromatic carbocycles. The van der Waals surface area contributed by atoms with Crippen LogP contribution in [0.2, 0.25) is 0 Å². The lowest BCUT2D eigenvalue weighted by Crippen LogP contribution is -2.08. The summed E-state index contributed by atoms with van der Waals surface area (Å²) in [6.07, 6.45) is 2.61. The Morgan fingerprint density at radius 1 is 1.00 bits per heavy atom. The Labute approximate surface area is 154 Å². The molecule has 3 rings (SSSR count). The van der Waals surface area contributed by atoms with E-state index in [2.05, 4.69) is 52.6 Å². The van der Waals surface area contributed by atoms with Crippen LogP contribution in [-0.4, -0.2) is 23.6 Å². The van der Waals surface area contributed by atoms with Gasteiger partial charge in [-0.05, 0) is 61.2 Å². The van der Waals surface area contributed by atoms with Gasteiger partial charge in [-0.25, -0.2) is 4.98 Å². The van der Waals surface area contributed by atoms with E-state index in [0.29, 0.717) is 5.95 Å². The molecule has 0 saturated carbocycles. The van der Waals surface area contributed by atoms with Crippen LogP contribution in [0.5, 0.6) is 5.75 Å². The number of aryl methyl sites for hydroxylation is 2. The molecule has 0 amide bonds. The number of benzene rings is 2. The number of aromatic nitrogens is 2. The highest BCUT2D eigenvalue weighted by Crippen LogP contribution is 2.19.